The Bertz CT molecular complexity index is 675. The number of nitrogens with one attached hydrogen (secondary N) is 2. The van der Waals surface area contributed by atoms with Gasteiger partial charge in [0.2, 0.25) is 0 Å². The van der Waals surface area contributed by atoms with Crippen LogP contribution in [0.25, 0.3) is 0 Å². The van der Waals surface area contributed by atoms with Crippen molar-refractivity contribution in [2.24, 2.45) is 0 Å². The molecule has 1 aromatic carbocycles. The zero-order valence-electron chi connectivity index (χ0n) is 11.3. The molecule has 1 saturated carbocycles. The minimum absolute atomic E-state index is 0.248. The molecule has 5 nitrogen and oxygen atoms in total. The Morgan fingerprint density at radius 1 is 1.27 bits per heavy atom. The van der Waals surface area contributed by atoms with Gasteiger partial charge in [-0.15, -0.1) is 13.2 Å². The predicted molar refractivity (Wildman–Crippen MR) is 71.6 cm³/mol. The molecule has 0 aliphatic heterocycles. The third-order valence-corrected chi connectivity index (χ3v) is 3.19. The first-order valence-electron chi connectivity index (χ1n) is 6.63. The van der Waals surface area contributed by atoms with Crippen LogP contribution in [-0.2, 0) is 0 Å². The molecule has 1 heterocycles. The van der Waals surface area contributed by atoms with E-state index in [2.05, 4.69) is 20.3 Å². The summed E-state index contributed by atoms with van der Waals surface area (Å²) < 4.78 is 39.9. The Hall–Kier alpha value is -2.51. The summed E-state index contributed by atoms with van der Waals surface area (Å²) in [6.07, 6.45) is -2.56. The van der Waals surface area contributed by atoms with Crippen molar-refractivity contribution in [2.45, 2.75) is 25.1 Å². The highest BCUT2D eigenvalue weighted by molar-refractivity contribution is 6.02. The molecule has 0 spiro atoms. The second-order valence-corrected chi connectivity index (χ2v) is 5.01. The molecule has 1 fully saturated rings. The highest BCUT2D eigenvalue weighted by Gasteiger charge is 2.31. The lowest BCUT2D eigenvalue weighted by Gasteiger charge is -2.09. The van der Waals surface area contributed by atoms with Crippen molar-refractivity contribution >= 4 is 11.6 Å². The first kappa shape index (κ1) is 14.4. The van der Waals surface area contributed by atoms with Crippen LogP contribution in [0.5, 0.6) is 5.75 Å². The molecular weight excluding hydrogens is 299 g/mol. The minimum atomic E-state index is -4.74. The molecule has 1 amide bonds. The highest BCUT2D eigenvalue weighted by atomic mass is 19.4. The molecule has 3 rings (SSSR count). The number of benzene rings is 1. The van der Waals surface area contributed by atoms with E-state index in [-0.39, 0.29) is 11.4 Å². The van der Waals surface area contributed by atoms with Crippen LogP contribution in [0.1, 0.15) is 34.9 Å². The van der Waals surface area contributed by atoms with Crippen LogP contribution >= 0.6 is 0 Å². The maximum absolute atomic E-state index is 12.0. The number of nitrogens with zero attached hydrogens (tertiary/aromatic N) is 1. The molecule has 1 aromatic heterocycles. The van der Waals surface area contributed by atoms with E-state index >= 15 is 0 Å². The van der Waals surface area contributed by atoms with E-state index in [1.807, 2.05) is 0 Å². The van der Waals surface area contributed by atoms with Crippen LogP contribution in [0.3, 0.4) is 0 Å². The monoisotopic (exact) mass is 311 g/mol. The zero-order chi connectivity index (χ0) is 15.7. The van der Waals surface area contributed by atoms with Gasteiger partial charge in [0.05, 0.1) is 0 Å². The average Bonchev–Trinajstić information content (AvgIpc) is 3.17. The van der Waals surface area contributed by atoms with E-state index in [1.165, 1.54) is 12.1 Å². The van der Waals surface area contributed by atoms with Gasteiger partial charge in [0.15, 0.2) is 5.69 Å². The van der Waals surface area contributed by atoms with Crippen molar-refractivity contribution in [1.82, 2.24) is 10.2 Å². The number of rotatable bonds is 4. The molecule has 0 radical (unpaired) electrons. The summed E-state index contributed by atoms with van der Waals surface area (Å²) in [6.45, 7) is 0. The highest BCUT2D eigenvalue weighted by Crippen LogP contribution is 2.39. The van der Waals surface area contributed by atoms with Crippen molar-refractivity contribution in [2.75, 3.05) is 5.32 Å². The van der Waals surface area contributed by atoms with Crippen LogP contribution in [-0.4, -0.2) is 22.5 Å². The average molecular weight is 311 g/mol. The molecule has 2 aromatic rings. The van der Waals surface area contributed by atoms with Crippen molar-refractivity contribution in [1.29, 1.82) is 0 Å². The van der Waals surface area contributed by atoms with E-state index in [9.17, 15) is 18.0 Å². The molecule has 116 valence electrons. The van der Waals surface area contributed by atoms with Crippen LogP contribution in [0.15, 0.2) is 30.3 Å². The quantitative estimate of drug-likeness (QED) is 0.909. The van der Waals surface area contributed by atoms with Gasteiger partial charge in [-0.25, -0.2) is 0 Å². The van der Waals surface area contributed by atoms with Crippen molar-refractivity contribution in [3.63, 3.8) is 0 Å². The fourth-order valence-electron chi connectivity index (χ4n) is 1.99. The summed E-state index contributed by atoms with van der Waals surface area (Å²) in [5.74, 6) is -0.318. The Morgan fingerprint density at radius 3 is 2.55 bits per heavy atom. The SMILES string of the molecule is O=C(Nc1ccc(OC(F)(F)F)cc1)c1cc(C2CC2)[nH]n1. The number of hydrogen-bond donors (Lipinski definition) is 2. The fourth-order valence-corrected chi connectivity index (χ4v) is 1.99. The number of ether oxygens (including phenoxy) is 1. The number of H-pyrrole nitrogens is 1. The molecule has 1 aliphatic carbocycles. The number of aromatic amines is 1. The third-order valence-electron chi connectivity index (χ3n) is 3.19. The molecule has 0 bridgehead atoms. The Kier molecular flexibility index (Phi) is 3.51. The van der Waals surface area contributed by atoms with Gasteiger partial charge < -0.3 is 10.1 Å². The Labute approximate surface area is 123 Å². The van der Waals surface area contributed by atoms with Gasteiger partial charge >= 0.3 is 6.36 Å². The molecule has 0 atom stereocenters. The number of amides is 1. The van der Waals surface area contributed by atoms with Crippen LogP contribution in [0, 0.1) is 0 Å². The van der Waals surface area contributed by atoms with Gasteiger partial charge in [0.25, 0.3) is 5.91 Å². The van der Waals surface area contributed by atoms with E-state index < -0.39 is 12.3 Å². The predicted octanol–water partition coefficient (Wildman–Crippen LogP) is 3.44. The van der Waals surface area contributed by atoms with Gasteiger partial charge in [-0.1, -0.05) is 0 Å². The summed E-state index contributed by atoms with van der Waals surface area (Å²) in [4.78, 5) is 12.0. The van der Waals surface area contributed by atoms with E-state index in [0.717, 1.165) is 30.7 Å². The van der Waals surface area contributed by atoms with E-state index in [1.54, 1.807) is 6.07 Å². The minimum Gasteiger partial charge on any atom is -0.406 e. The number of carbonyl (C=O) groups is 1. The standard InChI is InChI=1S/C14H12F3N3O2/c15-14(16,17)22-10-5-3-9(4-6-10)18-13(21)12-7-11(19-20-12)8-1-2-8/h3-8H,1-2H2,(H,18,21)(H,19,20). The van der Waals surface area contributed by atoms with Gasteiger partial charge in [0.1, 0.15) is 5.75 Å². The normalized spacial score (nSPS) is 14.7. The summed E-state index contributed by atoms with van der Waals surface area (Å²) in [7, 11) is 0. The number of alkyl halides is 3. The van der Waals surface area contributed by atoms with Gasteiger partial charge in [-0.3, -0.25) is 9.89 Å². The summed E-state index contributed by atoms with van der Waals surface area (Å²) in [5.41, 5.74) is 1.53. The Balaban J connectivity index is 1.63. The maximum atomic E-state index is 12.0. The first-order valence-corrected chi connectivity index (χ1v) is 6.63. The lowest BCUT2D eigenvalue weighted by atomic mass is 10.2. The molecule has 8 heteroatoms. The van der Waals surface area contributed by atoms with Crippen molar-refractivity contribution in [3.8, 4) is 5.75 Å². The van der Waals surface area contributed by atoms with Crippen LogP contribution < -0.4 is 10.1 Å². The number of carbonyl (C=O) groups excluding carboxylic acids is 1. The van der Waals surface area contributed by atoms with Crippen molar-refractivity contribution in [3.05, 3.63) is 41.7 Å². The number of hydrogen-bond acceptors (Lipinski definition) is 3. The molecular formula is C14H12F3N3O2. The van der Waals surface area contributed by atoms with Crippen LogP contribution in [0.2, 0.25) is 0 Å². The number of aromatic nitrogens is 2. The maximum Gasteiger partial charge on any atom is 0.573 e. The number of anilines is 1. The second-order valence-electron chi connectivity index (χ2n) is 5.01. The summed E-state index contributed by atoms with van der Waals surface area (Å²) in [5, 5.41) is 9.31. The molecule has 1 aliphatic rings. The third kappa shape index (κ3) is 3.57. The fraction of sp³-hybridized carbons (Fsp3) is 0.286. The molecule has 22 heavy (non-hydrogen) atoms. The topological polar surface area (TPSA) is 67.0 Å². The first-order chi connectivity index (χ1) is 10.4. The summed E-state index contributed by atoms with van der Waals surface area (Å²) >= 11 is 0. The molecule has 0 saturated heterocycles. The lowest BCUT2D eigenvalue weighted by molar-refractivity contribution is -0.274. The number of halogens is 3. The van der Waals surface area contributed by atoms with Gasteiger partial charge in [0, 0.05) is 17.3 Å². The van der Waals surface area contributed by atoms with Crippen molar-refractivity contribution < 1.29 is 22.7 Å². The van der Waals surface area contributed by atoms with Gasteiger partial charge in [-0.05, 0) is 43.2 Å². The Morgan fingerprint density at radius 2 is 1.95 bits per heavy atom. The zero-order valence-corrected chi connectivity index (χ0v) is 11.3. The largest absolute Gasteiger partial charge is 0.573 e. The second kappa shape index (κ2) is 5.36. The molecule has 0 unspecified atom stereocenters. The van der Waals surface area contributed by atoms with E-state index in [0.29, 0.717) is 11.6 Å². The molecule has 2 N–H and O–H groups in total. The lowest BCUT2D eigenvalue weighted by Crippen LogP contribution is -2.17. The summed E-state index contributed by atoms with van der Waals surface area (Å²) in [6, 6.07) is 6.60. The van der Waals surface area contributed by atoms with Crippen LogP contribution in [0.4, 0.5) is 18.9 Å². The smallest absolute Gasteiger partial charge is 0.406 e. The van der Waals surface area contributed by atoms with Gasteiger partial charge in [-0.2, -0.15) is 5.10 Å². The van der Waals surface area contributed by atoms with E-state index in [4.69, 9.17) is 0 Å².